The van der Waals surface area contributed by atoms with E-state index < -0.39 is 5.60 Å². The lowest BCUT2D eigenvalue weighted by molar-refractivity contribution is -0.0380. The van der Waals surface area contributed by atoms with E-state index in [1.165, 1.54) is 19.3 Å². The zero-order valence-electron chi connectivity index (χ0n) is 16.8. The minimum atomic E-state index is -0.832. The maximum atomic E-state index is 13.0. The van der Waals surface area contributed by atoms with Gasteiger partial charge >= 0.3 is 0 Å². The molecule has 5 heteroatoms. The Kier molecular flexibility index (Phi) is 5.65. The van der Waals surface area contributed by atoms with Crippen LogP contribution in [-0.2, 0) is 13.0 Å². The van der Waals surface area contributed by atoms with E-state index in [9.17, 15) is 9.90 Å². The molecule has 150 valence electrons. The third kappa shape index (κ3) is 4.06. The van der Waals surface area contributed by atoms with Gasteiger partial charge in [-0.05, 0) is 50.2 Å². The average Bonchev–Trinajstić information content (AvgIpc) is 2.73. The smallest absolute Gasteiger partial charge is 0.261 e. The first-order chi connectivity index (χ1) is 13.6. The lowest BCUT2D eigenvalue weighted by Gasteiger charge is -2.40. The highest BCUT2D eigenvalue weighted by atomic mass is 16.3. The topological polar surface area (TPSA) is 58.4 Å². The fourth-order valence-electron chi connectivity index (χ4n) is 4.64. The zero-order chi connectivity index (χ0) is 19.6. The van der Waals surface area contributed by atoms with Crippen LogP contribution < -0.4 is 5.56 Å². The van der Waals surface area contributed by atoms with Crippen LogP contribution in [-0.4, -0.2) is 44.8 Å². The van der Waals surface area contributed by atoms with Crippen LogP contribution in [0.15, 0.2) is 41.2 Å². The third-order valence-corrected chi connectivity index (χ3v) is 6.39. The highest BCUT2D eigenvalue weighted by Gasteiger charge is 2.34. The summed E-state index contributed by atoms with van der Waals surface area (Å²) in [5, 5.41) is 11.9. The van der Waals surface area contributed by atoms with Gasteiger partial charge in [0.15, 0.2) is 0 Å². The van der Waals surface area contributed by atoms with Crippen molar-refractivity contribution in [1.29, 1.82) is 0 Å². The Hall–Kier alpha value is -1.98. The number of aromatic nitrogens is 2. The van der Waals surface area contributed by atoms with Crippen LogP contribution >= 0.6 is 0 Å². The first-order valence-electron chi connectivity index (χ1n) is 10.7. The molecule has 1 aromatic carbocycles. The second-order valence-electron chi connectivity index (χ2n) is 8.47. The quantitative estimate of drug-likeness (QED) is 0.809. The van der Waals surface area contributed by atoms with Crippen molar-refractivity contribution in [3.8, 4) is 0 Å². The minimum absolute atomic E-state index is 0.0349. The van der Waals surface area contributed by atoms with Crippen LogP contribution in [0.2, 0.25) is 0 Å². The van der Waals surface area contributed by atoms with Crippen LogP contribution in [0.4, 0.5) is 0 Å². The molecule has 1 atom stereocenters. The standard InChI is InChI=1S/C23H31N3O2/c1-2-21-24-20-11-7-6-10-19(20)22(27)26(21)17-23(28)12-14-25(15-13-23)16-18-8-4-3-5-9-18/h3-4,6-7,10-11,18,28H,2,5,8-9,12-17H2,1H3. The van der Waals surface area contributed by atoms with Gasteiger partial charge in [-0.1, -0.05) is 31.2 Å². The molecule has 1 unspecified atom stereocenters. The van der Waals surface area contributed by atoms with Crippen molar-refractivity contribution >= 4 is 10.9 Å². The van der Waals surface area contributed by atoms with Crippen LogP contribution in [0.5, 0.6) is 0 Å². The Balaban J connectivity index is 1.48. The molecule has 4 rings (SSSR count). The summed E-state index contributed by atoms with van der Waals surface area (Å²) < 4.78 is 1.71. The molecule has 0 saturated carbocycles. The largest absolute Gasteiger partial charge is 0.388 e. The Morgan fingerprint density at radius 3 is 2.71 bits per heavy atom. The van der Waals surface area contributed by atoms with Crippen LogP contribution in [0.3, 0.4) is 0 Å². The van der Waals surface area contributed by atoms with Crippen molar-refractivity contribution in [1.82, 2.24) is 14.5 Å². The molecular formula is C23H31N3O2. The molecule has 0 amide bonds. The summed E-state index contributed by atoms with van der Waals surface area (Å²) >= 11 is 0. The minimum Gasteiger partial charge on any atom is -0.388 e. The molecule has 1 fully saturated rings. The summed E-state index contributed by atoms with van der Waals surface area (Å²) in [6.45, 7) is 5.27. The summed E-state index contributed by atoms with van der Waals surface area (Å²) in [5.74, 6) is 1.50. The predicted molar refractivity (Wildman–Crippen MR) is 112 cm³/mol. The summed E-state index contributed by atoms with van der Waals surface area (Å²) in [5.41, 5.74) is -0.128. The number of hydrogen-bond acceptors (Lipinski definition) is 4. The summed E-state index contributed by atoms with van der Waals surface area (Å²) in [4.78, 5) is 20.2. The zero-order valence-corrected chi connectivity index (χ0v) is 16.8. The molecule has 1 aliphatic heterocycles. The molecule has 28 heavy (non-hydrogen) atoms. The van der Waals surface area contributed by atoms with Crippen molar-refractivity contribution in [2.75, 3.05) is 19.6 Å². The van der Waals surface area contributed by atoms with Gasteiger partial charge in [-0.15, -0.1) is 0 Å². The van der Waals surface area contributed by atoms with Gasteiger partial charge in [-0.3, -0.25) is 9.36 Å². The number of rotatable bonds is 5. The molecule has 1 N–H and O–H groups in total. The van der Waals surface area contributed by atoms with Gasteiger partial charge in [0.1, 0.15) is 5.82 Å². The van der Waals surface area contributed by atoms with Gasteiger partial charge in [0.25, 0.3) is 5.56 Å². The van der Waals surface area contributed by atoms with E-state index in [2.05, 4.69) is 22.0 Å². The van der Waals surface area contributed by atoms with Crippen molar-refractivity contribution in [3.63, 3.8) is 0 Å². The van der Waals surface area contributed by atoms with Crippen molar-refractivity contribution in [3.05, 3.63) is 52.6 Å². The number of aliphatic hydroxyl groups is 1. The van der Waals surface area contributed by atoms with Crippen LogP contribution in [0, 0.1) is 5.92 Å². The molecule has 2 aliphatic rings. The van der Waals surface area contributed by atoms with Gasteiger partial charge in [-0.25, -0.2) is 4.98 Å². The maximum Gasteiger partial charge on any atom is 0.261 e. The third-order valence-electron chi connectivity index (χ3n) is 6.39. The number of piperidine rings is 1. The Morgan fingerprint density at radius 1 is 1.21 bits per heavy atom. The van der Waals surface area contributed by atoms with Crippen molar-refractivity contribution in [2.24, 2.45) is 5.92 Å². The fourth-order valence-corrected chi connectivity index (χ4v) is 4.64. The van der Waals surface area contributed by atoms with E-state index >= 15 is 0 Å². The predicted octanol–water partition coefficient (Wildman–Crippen LogP) is 3.14. The number of hydrogen-bond donors (Lipinski definition) is 1. The molecule has 2 aromatic rings. The molecule has 1 saturated heterocycles. The number of para-hydroxylation sites is 1. The molecule has 0 radical (unpaired) electrons. The average molecular weight is 382 g/mol. The molecular weight excluding hydrogens is 350 g/mol. The highest BCUT2D eigenvalue weighted by molar-refractivity contribution is 5.77. The van der Waals surface area contributed by atoms with Gasteiger partial charge in [0.05, 0.1) is 23.0 Å². The van der Waals surface area contributed by atoms with Crippen molar-refractivity contribution < 1.29 is 5.11 Å². The van der Waals surface area contributed by atoms with E-state index in [-0.39, 0.29) is 5.56 Å². The number of benzene rings is 1. The van der Waals surface area contributed by atoms with Gasteiger partial charge in [0, 0.05) is 26.1 Å². The van der Waals surface area contributed by atoms with E-state index in [4.69, 9.17) is 0 Å². The molecule has 0 bridgehead atoms. The SMILES string of the molecule is CCc1nc2ccccc2c(=O)n1CC1(O)CCN(CC2CC=CCC2)CC1. The highest BCUT2D eigenvalue weighted by Crippen LogP contribution is 2.27. The number of nitrogens with zero attached hydrogens (tertiary/aromatic N) is 3. The van der Waals surface area contributed by atoms with Crippen molar-refractivity contribution in [2.45, 2.75) is 57.6 Å². The van der Waals surface area contributed by atoms with Gasteiger partial charge < -0.3 is 10.0 Å². The second kappa shape index (κ2) is 8.18. The number of aryl methyl sites for hydroxylation is 1. The first-order valence-corrected chi connectivity index (χ1v) is 10.7. The fraction of sp³-hybridized carbons (Fsp3) is 0.565. The van der Waals surface area contributed by atoms with E-state index in [1.54, 1.807) is 4.57 Å². The molecule has 0 spiro atoms. The maximum absolute atomic E-state index is 13.0. The monoisotopic (exact) mass is 381 g/mol. The lowest BCUT2D eigenvalue weighted by atomic mass is 9.89. The van der Waals surface area contributed by atoms with Crippen LogP contribution in [0.1, 0.15) is 44.9 Å². The first kappa shape index (κ1) is 19.3. The van der Waals surface area contributed by atoms with E-state index in [1.807, 2.05) is 31.2 Å². The molecule has 5 nitrogen and oxygen atoms in total. The van der Waals surface area contributed by atoms with Crippen LogP contribution in [0.25, 0.3) is 10.9 Å². The van der Waals surface area contributed by atoms with Gasteiger partial charge in [-0.2, -0.15) is 0 Å². The Bertz CT molecular complexity index is 910. The Labute approximate surface area is 166 Å². The van der Waals surface area contributed by atoms with E-state index in [0.717, 1.165) is 36.9 Å². The summed E-state index contributed by atoms with van der Waals surface area (Å²) in [6, 6.07) is 7.48. The lowest BCUT2D eigenvalue weighted by Crippen LogP contribution is -2.49. The Morgan fingerprint density at radius 2 is 2.00 bits per heavy atom. The second-order valence-corrected chi connectivity index (χ2v) is 8.47. The molecule has 1 aromatic heterocycles. The number of fused-ring (bicyclic) bond motifs is 1. The normalized spacial score (nSPS) is 22.6. The summed E-state index contributed by atoms with van der Waals surface area (Å²) in [6.07, 6.45) is 10.3. The summed E-state index contributed by atoms with van der Waals surface area (Å²) in [7, 11) is 0. The number of likely N-dealkylation sites (tertiary alicyclic amines) is 1. The van der Waals surface area contributed by atoms with E-state index in [0.29, 0.717) is 31.2 Å². The molecule has 1 aliphatic carbocycles. The number of allylic oxidation sites excluding steroid dienone is 2. The van der Waals surface area contributed by atoms with Gasteiger partial charge in [0.2, 0.25) is 0 Å². The molecule has 2 heterocycles.